The molecule has 1 atom stereocenters. The second-order valence-electron chi connectivity index (χ2n) is 5.74. The van der Waals surface area contributed by atoms with Crippen molar-refractivity contribution >= 4 is 40.3 Å². The lowest BCUT2D eigenvalue weighted by atomic mass is 10.0. The third-order valence-corrected chi connectivity index (χ3v) is 4.23. The number of carboxylic acids is 1. The molecule has 0 bridgehead atoms. The van der Waals surface area contributed by atoms with Gasteiger partial charge < -0.3 is 10.4 Å². The maximum atomic E-state index is 11.9. The number of halogens is 1. The number of amides is 1. The molecule has 1 aromatic carbocycles. The maximum absolute atomic E-state index is 11.9. The molecule has 0 spiro atoms. The molecule has 0 aliphatic heterocycles. The van der Waals surface area contributed by atoms with Gasteiger partial charge in [0.05, 0.1) is 0 Å². The Morgan fingerprint density at radius 1 is 1.13 bits per heavy atom. The van der Waals surface area contributed by atoms with Crippen LogP contribution >= 0.6 is 22.6 Å². The topological polar surface area (TPSA) is 83.5 Å². The smallest absolute Gasteiger partial charge is 0.326 e. The van der Waals surface area contributed by atoms with Crippen molar-refractivity contribution in [1.29, 1.82) is 0 Å². The second kappa shape index (κ2) is 9.64. The zero-order chi connectivity index (χ0) is 17.4. The Hall–Kier alpha value is -1.44. The van der Waals surface area contributed by atoms with Crippen LogP contribution in [0.4, 0.5) is 0 Å². The van der Waals surface area contributed by atoms with Crippen LogP contribution in [0.1, 0.15) is 38.7 Å². The van der Waals surface area contributed by atoms with E-state index in [4.69, 9.17) is 5.11 Å². The first kappa shape index (κ1) is 19.6. The normalized spacial score (nSPS) is 12.0. The summed E-state index contributed by atoms with van der Waals surface area (Å²) in [6, 6.07) is 6.81. The van der Waals surface area contributed by atoms with Gasteiger partial charge in [0.25, 0.3) is 0 Å². The number of ketones is 1. The summed E-state index contributed by atoms with van der Waals surface area (Å²) in [6.07, 6.45) is 1.07. The molecular formula is C17H22INO4. The number of hydrogen-bond acceptors (Lipinski definition) is 3. The molecule has 126 valence electrons. The Balaban J connectivity index is 2.46. The van der Waals surface area contributed by atoms with Crippen LogP contribution in [-0.4, -0.2) is 28.8 Å². The highest BCUT2D eigenvalue weighted by molar-refractivity contribution is 14.1. The summed E-state index contributed by atoms with van der Waals surface area (Å²) >= 11 is 2.21. The fourth-order valence-corrected chi connectivity index (χ4v) is 2.37. The third-order valence-electron chi connectivity index (χ3n) is 3.51. The van der Waals surface area contributed by atoms with Crippen LogP contribution < -0.4 is 5.32 Å². The number of carboxylic acid groups (broad SMARTS) is 1. The molecular weight excluding hydrogens is 409 g/mol. The third kappa shape index (κ3) is 7.58. The molecule has 0 saturated heterocycles. The van der Waals surface area contributed by atoms with Gasteiger partial charge in [0.2, 0.25) is 5.91 Å². The zero-order valence-electron chi connectivity index (χ0n) is 13.3. The van der Waals surface area contributed by atoms with E-state index in [1.54, 1.807) is 13.8 Å². The Morgan fingerprint density at radius 3 is 2.26 bits per heavy atom. The van der Waals surface area contributed by atoms with Gasteiger partial charge in [-0.3, -0.25) is 9.59 Å². The molecule has 5 nitrogen and oxygen atoms in total. The number of Topliss-reactive ketones (excluding diaryl/α,β-unsaturated/α-hetero) is 1. The fraction of sp³-hybridized carbons (Fsp3) is 0.471. The highest BCUT2D eigenvalue weighted by atomic mass is 127. The van der Waals surface area contributed by atoms with E-state index >= 15 is 0 Å². The molecule has 23 heavy (non-hydrogen) atoms. The van der Waals surface area contributed by atoms with E-state index in [-0.39, 0.29) is 36.9 Å². The van der Waals surface area contributed by atoms with Crippen molar-refractivity contribution in [2.24, 2.45) is 5.92 Å². The van der Waals surface area contributed by atoms with Gasteiger partial charge in [0.15, 0.2) is 0 Å². The van der Waals surface area contributed by atoms with E-state index in [2.05, 4.69) is 27.9 Å². The monoisotopic (exact) mass is 431 g/mol. The molecule has 0 heterocycles. The van der Waals surface area contributed by atoms with Crippen molar-refractivity contribution in [3.05, 3.63) is 33.4 Å². The predicted octanol–water partition coefficient (Wildman–Crippen LogP) is 2.80. The number of nitrogens with one attached hydrogen (secondary N) is 1. The van der Waals surface area contributed by atoms with Gasteiger partial charge in [0, 0.05) is 22.3 Å². The van der Waals surface area contributed by atoms with Crippen LogP contribution in [-0.2, 0) is 20.8 Å². The van der Waals surface area contributed by atoms with Gasteiger partial charge in [-0.25, -0.2) is 4.79 Å². The second-order valence-corrected chi connectivity index (χ2v) is 6.99. The van der Waals surface area contributed by atoms with Crippen LogP contribution in [0.15, 0.2) is 24.3 Å². The zero-order valence-corrected chi connectivity index (χ0v) is 15.5. The Kier molecular flexibility index (Phi) is 8.22. The van der Waals surface area contributed by atoms with Crippen molar-refractivity contribution in [3.63, 3.8) is 0 Å². The van der Waals surface area contributed by atoms with Gasteiger partial charge in [-0.05, 0) is 53.1 Å². The largest absolute Gasteiger partial charge is 0.480 e. The lowest BCUT2D eigenvalue weighted by Crippen LogP contribution is -2.41. The first-order valence-corrected chi connectivity index (χ1v) is 8.66. The Bertz CT molecular complexity index is 554. The summed E-state index contributed by atoms with van der Waals surface area (Å²) < 4.78 is 1.12. The predicted molar refractivity (Wildman–Crippen MR) is 96.1 cm³/mol. The summed E-state index contributed by atoms with van der Waals surface area (Å²) in [4.78, 5) is 34.7. The first-order chi connectivity index (χ1) is 10.8. The van der Waals surface area contributed by atoms with E-state index < -0.39 is 12.0 Å². The molecule has 1 amide bonds. The van der Waals surface area contributed by atoms with Gasteiger partial charge in [0.1, 0.15) is 11.8 Å². The van der Waals surface area contributed by atoms with Crippen LogP contribution in [0.5, 0.6) is 0 Å². The molecule has 0 aliphatic rings. The summed E-state index contributed by atoms with van der Waals surface area (Å²) in [5.74, 6) is -1.54. The van der Waals surface area contributed by atoms with E-state index in [9.17, 15) is 14.4 Å². The van der Waals surface area contributed by atoms with E-state index in [1.807, 2.05) is 24.3 Å². The number of aryl methyl sites for hydroxylation is 1. The molecule has 0 aliphatic carbocycles. The van der Waals surface area contributed by atoms with Crippen molar-refractivity contribution in [2.75, 3.05) is 0 Å². The van der Waals surface area contributed by atoms with Gasteiger partial charge in [-0.1, -0.05) is 26.0 Å². The fourth-order valence-electron chi connectivity index (χ4n) is 2.01. The van der Waals surface area contributed by atoms with Crippen LogP contribution in [0.3, 0.4) is 0 Å². The van der Waals surface area contributed by atoms with Gasteiger partial charge in [-0.15, -0.1) is 0 Å². The van der Waals surface area contributed by atoms with Gasteiger partial charge in [-0.2, -0.15) is 0 Å². The molecule has 6 heteroatoms. The summed E-state index contributed by atoms with van der Waals surface area (Å²) in [5, 5.41) is 11.7. The minimum absolute atomic E-state index is 0.00406. The minimum Gasteiger partial charge on any atom is -0.480 e. The number of rotatable bonds is 9. The van der Waals surface area contributed by atoms with Crippen LogP contribution in [0.25, 0.3) is 0 Å². The van der Waals surface area contributed by atoms with Crippen molar-refractivity contribution in [3.8, 4) is 0 Å². The Labute approximate surface area is 150 Å². The lowest BCUT2D eigenvalue weighted by Gasteiger charge is -2.15. The molecule has 0 fully saturated rings. The van der Waals surface area contributed by atoms with E-state index in [1.165, 1.54) is 0 Å². The van der Waals surface area contributed by atoms with E-state index in [0.717, 1.165) is 9.13 Å². The van der Waals surface area contributed by atoms with Crippen molar-refractivity contribution in [2.45, 2.75) is 45.6 Å². The average molecular weight is 431 g/mol. The number of carbonyl (C=O) groups is 3. The SMILES string of the molecule is CC(C)C(=O)CC[C@@H](NC(=O)CCc1ccc(I)cc1)C(=O)O. The minimum atomic E-state index is -1.11. The number of aliphatic carboxylic acids is 1. The highest BCUT2D eigenvalue weighted by Crippen LogP contribution is 2.09. The molecule has 0 aromatic heterocycles. The summed E-state index contributed by atoms with van der Waals surface area (Å²) in [6.45, 7) is 3.55. The van der Waals surface area contributed by atoms with Crippen LogP contribution in [0.2, 0.25) is 0 Å². The molecule has 1 rings (SSSR count). The molecule has 0 saturated carbocycles. The maximum Gasteiger partial charge on any atom is 0.326 e. The van der Waals surface area contributed by atoms with Gasteiger partial charge >= 0.3 is 5.97 Å². The quantitative estimate of drug-likeness (QED) is 0.590. The summed E-state index contributed by atoms with van der Waals surface area (Å²) in [5.41, 5.74) is 1.03. The van der Waals surface area contributed by atoms with Crippen LogP contribution in [0, 0.1) is 9.49 Å². The highest BCUT2D eigenvalue weighted by Gasteiger charge is 2.21. The molecule has 1 aromatic rings. The number of hydrogen-bond donors (Lipinski definition) is 2. The van der Waals surface area contributed by atoms with Crippen molar-refractivity contribution in [1.82, 2.24) is 5.32 Å². The molecule has 2 N–H and O–H groups in total. The number of carbonyl (C=O) groups excluding carboxylic acids is 2. The lowest BCUT2D eigenvalue weighted by molar-refractivity contribution is -0.142. The Morgan fingerprint density at radius 2 is 1.74 bits per heavy atom. The molecule has 0 unspecified atom stereocenters. The number of benzene rings is 1. The standard InChI is InChI=1S/C17H22INO4/c1-11(2)15(20)9-8-14(17(22)23)19-16(21)10-5-12-3-6-13(18)7-4-12/h3-4,6-7,11,14H,5,8-10H2,1-2H3,(H,19,21)(H,22,23)/t14-/m1/s1. The summed E-state index contributed by atoms with van der Waals surface area (Å²) in [7, 11) is 0. The average Bonchev–Trinajstić information content (AvgIpc) is 2.50. The first-order valence-electron chi connectivity index (χ1n) is 7.59. The van der Waals surface area contributed by atoms with E-state index in [0.29, 0.717) is 6.42 Å². The van der Waals surface area contributed by atoms with Crippen molar-refractivity contribution < 1.29 is 19.5 Å². The molecule has 0 radical (unpaired) electrons.